The minimum Gasteiger partial charge on any atom is -0.494 e. The zero-order chi connectivity index (χ0) is 31.0. The Hall–Kier alpha value is -4.11. The number of para-hydroxylation sites is 1. The third kappa shape index (κ3) is 5.61. The van der Waals surface area contributed by atoms with Crippen LogP contribution in [0.1, 0.15) is 43.5 Å². The first-order valence-corrected chi connectivity index (χ1v) is 15.8. The maximum Gasteiger partial charge on any atom is 0.338 e. The highest BCUT2D eigenvalue weighted by molar-refractivity contribution is 7.07. The number of carbonyl (C=O) groups excluding carboxylic acids is 1. The van der Waals surface area contributed by atoms with Gasteiger partial charge in [0.05, 0.1) is 35.1 Å². The number of esters is 1. The Morgan fingerprint density at radius 1 is 1.05 bits per heavy atom. The molecule has 0 bridgehead atoms. The van der Waals surface area contributed by atoms with E-state index in [1.165, 1.54) is 11.3 Å². The third-order valence-electron chi connectivity index (χ3n) is 7.49. The van der Waals surface area contributed by atoms with Crippen molar-refractivity contribution >= 4 is 57.5 Å². The number of halogens is 2. The minimum absolute atomic E-state index is 0.210. The van der Waals surface area contributed by atoms with E-state index < -0.39 is 12.0 Å². The molecule has 2 aromatic heterocycles. The molecular formula is C34H29Cl2N3O4S. The molecule has 0 fully saturated rings. The topological polar surface area (TPSA) is 74.8 Å². The van der Waals surface area contributed by atoms with Crippen LogP contribution >= 0.6 is 34.5 Å². The summed E-state index contributed by atoms with van der Waals surface area (Å²) in [5.74, 6) is 0.212. The van der Waals surface area contributed by atoms with Gasteiger partial charge < -0.3 is 14.0 Å². The van der Waals surface area contributed by atoms with Crippen molar-refractivity contribution < 1.29 is 14.3 Å². The van der Waals surface area contributed by atoms with Crippen LogP contribution in [0.4, 0.5) is 0 Å². The maximum atomic E-state index is 14.2. The molecule has 0 unspecified atom stereocenters. The van der Waals surface area contributed by atoms with Crippen LogP contribution in [0.2, 0.25) is 10.0 Å². The van der Waals surface area contributed by atoms with E-state index in [-0.39, 0.29) is 12.2 Å². The van der Waals surface area contributed by atoms with Gasteiger partial charge in [-0.1, -0.05) is 70.9 Å². The quantitative estimate of drug-likeness (QED) is 0.180. The molecule has 7 nitrogen and oxygen atoms in total. The fourth-order valence-corrected chi connectivity index (χ4v) is 7.02. The molecule has 3 heterocycles. The average Bonchev–Trinajstić information content (AvgIpc) is 3.50. The van der Waals surface area contributed by atoms with E-state index in [1.54, 1.807) is 24.5 Å². The van der Waals surface area contributed by atoms with Crippen LogP contribution in [-0.2, 0) is 16.1 Å². The highest BCUT2D eigenvalue weighted by atomic mass is 35.5. The lowest BCUT2D eigenvalue weighted by Gasteiger charge is -2.24. The summed E-state index contributed by atoms with van der Waals surface area (Å²) in [5.41, 5.74) is 4.20. The molecule has 0 amide bonds. The van der Waals surface area contributed by atoms with Crippen molar-refractivity contribution in [3.8, 4) is 5.75 Å². The van der Waals surface area contributed by atoms with Crippen molar-refractivity contribution in [1.29, 1.82) is 0 Å². The number of aromatic nitrogens is 2. The van der Waals surface area contributed by atoms with Gasteiger partial charge >= 0.3 is 5.97 Å². The van der Waals surface area contributed by atoms with Crippen molar-refractivity contribution in [3.05, 3.63) is 131 Å². The third-order valence-corrected chi connectivity index (χ3v) is 9.06. The molecule has 1 aliphatic rings. The Morgan fingerprint density at radius 3 is 2.55 bits per heavy atom. The van der Waals surface area contributed by atoms with Gasteiger partial charge in [-0.3, -0.25) is 9.36 Å². The number of rotatable bonds is 8. The van der Waals surface area contributed by atoms with Crippen molar-refractivity contribution in [2.75, 3.05) is 13.2 Å². The SMILES string of the molecule is CCOC(=O)C1=C(C)N=c2s/c(=C\c3cn(Cc4ccc(Cl)cc4Cl)c4ccccc34)c(=O)n2[C@@H]1c1ccc(OCC)cc1. The molecule has 0 spiro atoms. The van der Waals surface area contributed by atoms with Crippen LogP contribution in [-0.4, -0.2) is 28.3 Å². The van der Waals surface area contributed by atoms with E-state index >= 15 is 0 Å². The summed E-state index contributed by atoms with van der Waals surface area (Å²) < 4.78 is 15.3. The lowest BCUT2D eigenvalue weighted by atomic mass is 9.96. The normalized spacial score (nSPS) is 14.9. The molecule has 6 rings (SSSR count). The molecule has 0 saturated heterocycles. The van der Waals surface area contributed by atoms with Gasteiger partial charge in [-0.25, -0.2) is 9.79 Å². The molecule has 0 N–H and O–H groups in total. The predicted molar refractivity (Wildman–Crippen MR) is 176 cm³/mol. The van der Waals surface area contributed by atoms with Gasteiger partial charge in [0.25, 0.3) is 5.56 Å². The number of fused-ring (bicyclic) bond motifs is 2. The van der Waals surface area contributed by atoms with Crippen LogP contribution in [0, 0.1) is 0 Å². The highest BCUT2D eigenvalue weighted by Gasteiger charge is 2.33. The number of ether oxygens (including phenoxy) is 2. The number of allylic oxidation sites excluding steroid dienone is 1. The van der Waals surface area contributed by atoms with Gasteiger partial charge in [0, 0.05) is 39.3 Å². The van der Waals surface area contributed by atoms with Crippen molar-refractivity contribution in [3.63, 3.8) is 0 Å². The molecular weight excluding hydrogens is 617 g/mol. The van der Waals surface area contributed by atoms with Gasteiger partial charge in [-0.2, -0.15) is 0 Å². The summed E-state index contributed by atoms with van der Waals surface area (Å²) in [4.78, 5) is 32.6. The van der Waals surface area contributed by atoms with Gasteiger partial charge in [-0.15, -0.1) is 0 Å². The first-order chi connectivity index (χ1) is 21.3. The molecule has 0 aliphatic carbocycles. The summed E-state index contributed by atoms with van der Waals surface area (Å²) in [5, 5.41) is 2.17. The van der Waals surface area contributed by atoms with Crippen LogP contribution in [0.5, 0.6) is 5.75 Å². The highest BCUT2D eigenvalue weighted by Crippen LogP contribution is 2.32. The lowest BCUT2D eigenvalue weighted by Crippen LogP contribution is -2.39. The van der Waals surface area contributed by atoms with Gasteiger partial charge in [-0.05, 0) is 68.3 Å². The molecule has 5 aromatic rings. The van der Waals surface area contributed by atoms with E-state index in [0.717, 1.165) is 27.6 Å². The Bertz CT molecular complexity index is 2110. The monoisotopic (exact) mass is 645 g/mol. The standard InChI is InChI=1S/C34H29Cl2N3O4S/c1-4-42-25-14-11-21(12-15-25)31-30(33(41)43-5-2)20(3)37-34-39(31)32(40)29(44-34)16-23-19-38(28-9-7-6-8-26(23)28)18-22-10-13-24(35)17-27(22)36/h6-17,19,31H,4-5,18H2,1-3H3/b29-16-/t31-/m1/s1. The molecule has 224 valence electrons. The van der Waals surface area contributed by atoms with Crippen LogP contribution < -0.4 is 19.6 Å². The number of benzene rings is 3. The lowest BCUT2D eigenvalue weighted by molar-refractivity contribution is -0.139. The zero-order valence-electron chi connectivity index (χ0n) is 24.3. The fraction of sp³-hybridized carbons (Fsp3) is 0.206. The first kappa shape index (κ1) is 29.9. The molecule has 44 heavy (non-hydrogen) atoms. The van der Waals surface area contributed by atoms with Gasteiger partial charge in [0.1, 0.15) is 5.75 Å². The average molecular weight is 647 g/mol. The first-order valence-electron chi connectivity index (χ1n) is 14.2. The molecule has 10 heteroatoms. The Morgan fingerprint density at radius 2 is 1.82 bits per heavy atom. The molecule has 0 radical (unpaired) electrons. The van der Waals surface area contributed by atoms with Gasteiger partial charge in [0.15, 0.2) is 4.80 Å². The van der Waals surface area contributed by atoms with Gasteiger partial charge in [0.2, 0.25) is 0 Å². The summed E-state index contributed by atoms with van der Waals surface area (Å²) in [6, 6.07) is 20.2. The number of hydrogen-bond acceptors (Lipinski definition) is 6. The molecule has 3 aromatic carbocycles. The zero-order valence-corrected chi connectivity index (χ0v) is 26.7. The number of thiazole rings is 1. The van der Waals surface area contributed by atoms with E-state index in [4.69, 9.17) is 37.7 Å². The fourth-order valence-electron chi connectivity index (χ4n) is 5.52. The Balaban J connectivity index is 1.49. The summed E-state index contributed by atoms with van der Waals surface area (Å²) >= 11 is 13.9. The Labute approximate surface area is 267 Å². The Kier molecular flexibility index (Phi) is 8.49. The summed E-state index contributed by atoms with van der Waals surface area (Å²) in [6.07, 6.45) is 3.91. The molecule has 1 atom stereocenters. The van der Waals surface area contributed by atoms with Crippen LogP contribution in [0.15, 0.2) is 94.0 Å². The number of hydrogen-bond donors (Lipinski definition) is 0. The van der Waals surface area contributed by atoms with E-state index in [0.29, 0.717) is 49.6 Å². The van der Waals surface area contributed by atoms with Crippen LogP contribution in [0.3, 0.4) is 0 Å². The second-order valence-electron chi connectivity index (χ2n) is 10.3. The summed E-state index contributed by atoms with van der Waals surface area (Å²) in [7, 11) is 0. The van der Waals surface area contributed by atoms with E-state index in [1.807, 2.05) is 79.9 Å². The summed E-state index contributed by atoms with van der Waals surface area (Å²) in [6.45, 7) is 6.73. The predicted octanol–water partition coefficient (Wildman–Crippen LogP) is 6.51. The van der Waals surface area contributed by atoms with Crippen molar-refractivity contribution in [2.45, 2.75) is 33.4 Å². The smallest absolute Gasteiger partial charge is 0.338 e. The van der Waals surface area contributed by atoms with Crippen molar-refractivity contribution in [2.24, 2.45) is 4.99 Å². The van der Waals surface area contributed by atoms with Crippen LogP contribution in [0.25, 0.3) is 17.0 Å². The second kappa shape index (κ2) is 12.5. The largest absolute Gasteiger partial charge is 0.494 e. The number of nitrogens with zero attached hydrogens (tertiary/aromatic N) is 3. The number of carbonyl (C=O) groups is 1. The molecule has 1 aliphatic heterocycles. The maximum absolute atomic E-state index is 14.2. The second-order valence-corrected chi connectivity index (χ2v) is 12.1. The van der Waals surface area contributed by atoms with Crippen molar-refractivity contribution in [1.82, 2.24) is 9.13 Å². The molecule has 0 saturated carbocycles. The van der Waals surface area contributed by atoms with E-state index in [9.17, 15) is 9.59 Å². The minimum atomic E-state index is -0.698. The van der Waals surface area contributed by atoms with E-state index in [2.05, 4.69) is 4.57 Å².